The van der Waals surface area contributed by atoms with Gasteiger partial charge in [0.05, 0.1) is 24.5 Å². The molecule has 7 nitrogen and oxygen atoms in total. The summed E-state index contributed by atoms with van der Waals surface area (Å²) in [5, 5.41) is 2.89. The topological polar surface area (TPSA) is 74.8 Å². The summed E-state index contributed by atoms with van der Waals surface area (Å²) in [4.78, 5) is 33.9. The van der Waals surface area contributed by atoms with Gasteiger partial charge < -0.3 is 19.9 Å². The van der Waals surface area contributed by atoms with E-state index in [1.807, 2.05) is 56.3 Å². The number of aromatic nitrogens is 1. The van der Waals surface area contributed by atoms with E-state index in [1.165, 1.54) is 0 Å². The Morgan fingerprint density at radius 3 is 2.79 bits per heavy atom. The number of urea groups is 1. The number of likely N-dealkylation sites (tertiary alicyclic amines) is 1. The zero-order chi connectivity index (χ0) is 19.7. The maximum Gasteiger partial charge on any atom is 0.318 e. The molecule has 3 heterocycles. The zero-order valence-corrected chi connectivity index (χ0v) is 16.0. The SMILES string of the molecule is CC(C)NC(=O)N1CC2CC1C(=O)N(Cc1ccccn1)c1ccccc1O2. The Balaban J connectivity index is 1.70. The Hall–Kier alpha value is -3.09. The fourth-order valence-electron chi connectivity index (χ4n) is 3.75. The minimum Gasteiger partial charge on any atom is -0.486 e. The molecule has 4 rings (SSSR count). The van der Waals surface area contributed by atoms with Gasteiger partial charge in [0.2, 0.25) is 5.91 Å². The van der Waals surface area contributed by atoms with Crippen LogP contribution in [0.2, 0.25) is 0 Å². The lowest BCUT2D eigenvalue weighted by Crippen LogP contribution is -2.51. The van der Waals surface area contributed by atoms with Crippen molar-refractivity contribution in [2.75, 3.05) is 11.4 Å². The van der Waals surface area contributed by atoms with Gasteiger partial charge in [0.15, 0.2) is 0 Å². The molecule has 0 aliphatic carbocycles. The number of ether oxygens (including phenoxy) is 1. The summed E-state index contributed by atoms with van der Waals surface area (Å²) in [5.74, 6) is 0.546. The molecule has 28 heavy (non-hydrogen) atoms. The van der Waals surface area contributed by atoms with Gasteiger partial charge in [0.25, 0.3) is 0 Å². The third-order valence-electron chi connectivity index (χ3n) is 4.98. The summed E-state index contributed by atoms with van der Waals surface area (Å²) in [6.07, 6.45) is 1.99. The van der Waals surface area contributed by atoms with Crippen molar-refractivity contribution in [1.29, 1.82) is 0 Å². The van der Waals surface area contributed by atoms with Crippen molar-refractivity contribution < 1.29 is 14.3 Å². The van der Waals surface area contributed by atoms with Crippen molar-refractivity contribution in [2.45, 2.75) is 45.0 Å². The second-order valence-electron chi connectivity index (χ2n) is 7.46. The molecule has 1 aromatic carbocycles. The van der Waals surface area contributed by atoms with Crippen LogP contribution in [0.25, 0.3) is 0 Å². The number of hydrogen-bond donors (Lipinski definition) is 1. The average Bonchev–Trinajstić information content (AvgIpc) is 3.11. The van der Waals surface area contributed by atoms with E-state index in [0.29, 0.717) is 30.9 Å². The molecular formula is C21H24N4O3. The Labute approximate surface area is 164 Å². The Morgan fingerprint density at radius 1 is 1.25 bits per heavy atom. The van der Waals surface area contributed by atoms with Gasteiger partial charge in [0.1, 0.15) is 17.9 Å². The molecule has 0 radical (unpaired) electrons. The molecule has 2 bridgehead atoms. The van der Waals surface area contributed by atoms with Crippen molar-refractivity contribution in [1.82, 2.24) is 15.2 Å². The number of anilines is 1. The first-order chi connectivity index (χ1) is 13.5. The largest absolute Gasteiger partial charge is 0.486 e. The Bertz CT molecular complexity index is 871. The van der Waals surface area contributed by atoms with Crippen LogP contribution < -0.4 is 15.0 Å². The number of pyridine rings is 1. The molecule has 2 aliphatic heterocycles. The van der Waals surface area contributed by atoms with Gasteiger partial charge in [-0.1, -0.05) is 18.2 Å². The molecule has 2 aromatic rings. The molecule has 1 aromatic heterocycles. The van der Waals surface area contributed by atoms with Gasteiger partial charge >= 0.3 is 6.03 Å². The standard InChI is InChI=1S/C21H24N4O3/c1-14(2)23-21(27)25-13-16-11-18(25)20(26)24(12-15-7-5-6-10-22-15)17-8-3-4-9-19(17)28-16/h3-10,14,16,18H,11-13H2,1-2H3,(H,23,27). The lowest BCUT2D eigenvalue weighted by atomic mass is 10.1. The van der Waals surface area contributed by atoms with E-state index in [9.17, 15) is 9.59 Å². The molecule has 0 spiro atoms. The molecule has 2 atom stereocenters. The fraction of sp³-hybridized carbons (Fsp3) is 0.381. The van der Waals surface area contributed by atoms with Crippen LogP contribution in [-0.4, -0.2) is 46.6 Å². The number of benzene rings is 1. The second-order valence-corrected chi connectivity index (χ2v) is 7.46. The second kappa shape index (κ2) is 7.50. The molecule has 2 unspecified atom stereocenters. The van der Waals surface area contributed by atoms with Crippen LogP contribution in [0.1, 0.15) is 26.0 Å². The summed E-state index contributed by atoms with van der Waals surface area (Å²) in [7, 11) is 0. The number of fused-ring (bicyclic) bond motifs is 3. The Kier molecular flexibility index (Phi) is 4.90. The molecule has 1 fully saturated rings. The molecule has 7 heteroatoms. The maximum atomic E-state index is 13.5. The quantitative estimate of drug-likeness (QED) is 0.888. The number of hydrogen-bond acceptors (Lipinski definition) is 4. The van der Waals surface area contributed by atoms with Gasteiger partial charge in [-0.05, 0) is 38.1 Å². The number of amides is 3. The predicted octanol–water partition coefficient (Wildman–Crippen LogP) is 2.57. The summed E-state index contributed by atoms with van der Waals surface area (Å²) >= 11 is 0. The van der Waals surface area contributed by atoms with Crippen LogP contribution in [0.15, 0.2) is 48.7 Å². The molecule has 1 N–H and O–H groups in total. The molecule has 1 saturated heterocycles. The highest BCUT2D eigenvalue weighted by atomic mass is 16.5. The molecule has 2 aliphatic rings. The van der Waals surface area contributed by atoms with E-state index in [1.54, 1.807) is 16.0 Å². The van der Waals surface area contributed by atoms with Crippen molar-refractivity contribution >= 4 is 17.6 Å². The van der Waals surface area contributed by atoms with Gasteiger partial charge in [-0.25, -0.2) is 4.79 Å². The number of nitrogens with zero attached hydrogens (tertiary/aromatic N) is 3. The Morgan fingerprint density at radius 2 is 2.04 bits per heavy atom. The highest BCUT2D eigenvalue weighted by Gasteiger charge is 2.45. The first-order valence-corrected chi connectivity index (χ1v) is 9.57. The fourth-order valence-corrected chi connectivity index (χ4v) is 3.75. The van der Waals surface area contributed by atoms with Gasteiger partial charge in [-0.2, -0.15) is 0 Å². The first kappa shape index (κ1) is 18.3. The van der Waals surface area contributed by atoms with E-state index < -0.39 is 6.04 Å². The summed E-state index contributed by atoms with van der Waals surface area (Å²) in [6, 6.07) is 12.3. The van der Waals surface area contributed by atoms with E-state index in [2.05, 4.69) is 10.3 Å². The van der Waals surface area contributed by atoms with Crippen molar-refractivity contribution in [3.8, 4) is 5.75 Å². The number of rotatable bonds is 3. The van der Waals surface area contributed by atoms with Crippen molar-refractivity contribution in [3.63, 3.8) is 0 Å². The number of para-hydroxylation sites is 2. The normalized spacial score (nSPS) is 21.0. The minimum absolute atomic E-state index is 0.00447. The van der Waals surface area contributed by atoms with Crippen LogP contribution in [-0.2, 0) is 11.3 Å². The van der Waals surface area contributed by atoms with E-state index in [0.717, 1.165) is 5.69 Å². The van der Waals surface area contributed by atoms with Gasteiger partial charge in [-0.3, -0.25) is 9.78 Å². The monoisotopic (exact) mass is 380 g/mol. The lowest BCUT2D eigenvalue weighted by Gasteiger charge is -2.31. The minimum atomic E-state index is -0.555. The lowest BCUT2D eigenvalue weighted by molar-refractivity contribution is -0.122. The number of carbonyl (C=O) groups is 2. The predicted molar refractivity (Wildman–Crippen MR) is 105 cm³/mol. The van der Waals surface area contributed by atoms with Crippen LogP contribution >= 0.6 is 0 Å². The molecule has 0 saturated carbocycles. The van der Waals surface area contributed by atoms with Crippen molar-refractivity contribution in [3.05, 3.63) is 54.4 Å². The van der Waals surface area contributed by atoms with Crippen molar-refractivity contribution in [2.24, 2.45) is 0 Å². The summed E-state index contributed by atoms with van der Waals surface area (Å²) in [6.45, 7) is 4.52. The highest BCUT2D eigenvalue weighted by molar-refractivity contribution is 6.00. The van der Waals surface area contributed by atoms with E-state index in [-0.39, 0.29) is 24.1 Å². The summed E-state index contributed by atoms with van der Waals surface area (Å²) < 4.78 is 6.19. The third-order valence-corrected chi connectivity index (χ3v) is 4.98. The number of carbonyl (C=O) groups excluding carboxylic acids is 2. The van der Waals surface area contributed by atoms with Gasteiger partial charge in [-0.15, -0.1) is 0 Å². The smallest absolute Gasteiger partial charge is 0.318 e. The molecule has 3 amide bonds. The van der Waals surface area contributed by atoms with E-state index in [4.69, 9.17) is 4.74 Å². The van der Waals surface area contributed by atoms with Crippen LogP contribution in [0, 0.1) is 0 Å². The number of nitrogens with one attached hydrogen (secondary N) is 1. The summed E-state index contributed by atoms with van der Waals surface area (Å²) in [5.41, 5.74) is 1.48. The van der Waals surface area contributed by atoms with Crippen LogP contribution in [0.4, 0.5) is 10.5 Å². The average molecular weight is 380 g/mol. The molecular weight excluding hydrogens is 356 g/mol. The maximum absolute atomic E-state index is 13.5. The van der Waals surface area contributed by atoms with Gasteiger partial charge in [0, 0.05) is 18.7 Å². The zero-order valence-electron chi connectivity index (χ0n) is 16.0. The van der Waals surface area contributed by atoms with Crippen LogP contribution in [0.5, 0.6) is 5.75 Å². The first-order valence-electron chi connectivity index (χ1n) is 9.57. The molecule has 146 valence electrons. The third kappa shape index (κ3) is 3.52. The van der Waals surface area contributed by atoms with E-state index >= 15 is 0 Å². The highest BCUT2D eigenvalue weighted by Crippen LogP contribution is 2.36. The van der Waals surface area contributed by atoms with Crippen LogP contribution in [0.3, 0.4) is 0 Å².